The lowest BCUT2D eigenvalue weighted by atomic mass is 9.91. The van der Waals surface area contributed by atoms with Crippen molar-refractivity contribution in [1.29, 1.82) is 0 Å². The maximum absolute atomic E-state index is 12.9. The fraction of sp³-hybridized carbons (Fsp3) is 1.00. The van der Waals surface area contributed by atoms with Gasteiger partial charge in [-0.2, -0.15) is 12.6 Å². The minimum atomic E-state index is -0.720. The Morgan fingerprint density at radius 3 is 1.47 bits per heavy atom. The molecule has 2 unspecified atom stereocenters. The molecule has 2 atom stereocenters. The molecule has 0 heterocycles. The quantitative estimate of drug-likeness (QED) is 0.648. The molecule has 1 aliphatic carbocycles. The van der Waals surface area contributed by atoms with Gasteiger partial charge in [-0.25, -0.2) is 4.39 Å². The highest BCUT2D eigenvalue weighted by Crippen LogP contribution is 2.52. The van der Waals surface area contributed by atoms with Crippen molar-refractivity contribution in [3.05, 3.63) is 0 Å². The molecule has 0 saturated heterocycles. The van der Waals surface area contributed by atoms with Crippen LogP contribution < -0.4 is 5.73 Å². The van der Waals surface area contributed by atoms with Gasteiger partial charge in [-0.3, -0.25) is 0 Å². The van der Waals surface area contributed by atoms with E-state index in [0.29, 0.717) is 0 Å². The lowest BCUT2D eigenvalue weighted by Gasteiger charge is -2.22. The Balaban J connectivity index is -0.000000242. The van der Waals surface area contributed by atoms with Crippen LogP contribution in [0, 0.1) is 5.41 Å². The average molecular weight is 296 g/mol. The number of hydrogen-bond donors (Lipinski definition) is 2. The molecule has 1 saturated carbocycles. The molecule has 0 aliphatic heterocycles. The van der Waals surface area contributed by atoms with Crippen LogP contribution in [0.2, 0.25) is 0 Å². The topological polar surface area (TPSA) is 26.0 Å². The Kier molecular flexibility index (Phi) is 15.4. The maximum atomic E-state index is 12.9. The van der Waals surface area contributed by atoms with Crippen LogP contribution in [0.3, 0.4) is 0 Å². The van der Waals surface area contributed by atoms with Crippen molar-refractivity contribution in [1.82, 2.24) is 0 Å². The Morgan fingerprint density at radius 1 is 1.16 bits per heavy atom. The monoisotopic (exact) mass is 295 g/mol. The summed E-state index contributed by atoms with van der Waals surface area (Å²) >= 11 is 4.12. The Hall–Kier alpha value is 0.240. The summed E-state index contributed by atoms with van der Waals surface area (Å²) in [5, 5.41) is 0. The third-order valence-corrected chi connectivity index (χ3v) is 2.80. The van der Waals surface area contributed by atoms with Crippen LogP contribution in [-0.2, 0) is 0 Å². The molecule has 0 spiro atoms. The first-order chi connectivity index (χ1) is 8.63. The fourth-order valence-corrected chi connectivity index (χ4v) is 1.61. The van der Waals surface area contributed by atoms with Gasteiger partial charge in [-0.1, -0.05) is 55.4 Å². The molecule has 1 rings (SSSR count). The molecule has 1 nitrogen and oxygen atoms in total. The molecular formula is C16H38FNS. The first kappa shape index (κ1) is 24.3. The van der Waals surface area contributed by atoms with Crippen molar-refractivity contribution in [3.63, 3.8) is 0 Å². The zero-order chi connectivity index (χ0) is 16.3. The lowest BCUT2D eigenvalue weighted by Crippen LogP contribution is -2.36. The third kappa shape index (κ3) is 13.0. The summed E-state index contributed by atoms with van der Waals surface area (Å²) in [5.74, 6) is 0. The van der Waals surface area contributed by atoms with Crippen molar-refractivity contribution < 1.29 is 4.39 Å². The van der Waals surface area contributed by atoms with Gasteiger partial charge in [-0.15, -0.1) is 0 Å². The first-order valence-electron chi connectivity index (χ1n) is 7.75. The summed E-state index contributed by atoms with van der Waals surface area (Å²) < 4.78 is 13.1. The van der Waals surface area contributed by atoms with Gasteiger partial charge < -0.3 is 5.73 Å². The SMILES string of the molecule is CC.CC.CC(C)(C)S.CCC(N)C1(C(C)F)CC1. The van der Waals surface area contributed by atoms with Gasteiger partial charge in [0.1, 0.15) is 6.17 Å². The van der Waals surface area contributed by atoms with Crippen molar-refractivity contribution in [2.45, 2.75) is 98.5 Å². The number of halogens is 1. The van der Waals surface area contributed by atoms with Gasteiger partial charge in [0.25, 0.3) is 0 Å². The largest absolute Gasteiger partial charge is 0.327 e. The number of rotatable bonds is 3. The van der Waals surface area contributed by atoms with Gasteiger partial charge in [0.15, 0.2) is 0 Å². The molecule has 0 bridgehead atoms. The number of alkyl halides is 1. The van der Waals surface area contributed by atoms with Gasteiger partial charge in [-0.05, 0) is 26.2 Å². The highest BCUT2D eigenvalue weighted by atomic mass is 32.1. The van der Waals surface area contributed by atoms with Crippen LogP contribution in [-0.4, -0.2) is 17.0 Å². The Bertz CT molecular complexity index is 178. The summed E-state index contributed by atoms with van der Waals surface area (Å²) in [5.41, 5.74) is 5.64. The molecule has 3 heteroatoms. The van der Waals surface area contributed by atoms with Crippen molar-refractivity contribution >= 4 is 12.6 Å². The van der Waals surface area contributed by atoms with E-state index in [-0.39, 0.29) is 16.2 Å². The van der Waals surface area contributed by atoms with Crippen LogP contribution in [0.25, 0.3) is 0 Å². The summed E-state index contributed by atoms with van der Waals surface area (Å²) in [6.07, 6.45) is 2.15. The number of nitrogens with two attached hydrogens (primary N) is 1. The van der Waals surface area contributed by atoms with Crippen LogP contribution in [0.1, 0.15) is 81.6 Å². The molecule has 0 aromatic carbocycles. The highest BCUT2D eigenvalue weighted by molar-refractivity contribution is 7.81. The van der Waals surface area contributed by atoms with E-state index < -0.39 is 6.17 Å². The molecule has 120 valence electrons. The maximum Gasteiger partial charge on any atom is 0.104 e. The van der Waals surface area contributed by atoms with Crippen molar-refractivity contribution in [2.24, 2.45) is 11.1 Å². The molecule has 1 fully saturated rings. The Labute approximate surface area is 127 Å². The van der Waals surface area contributed by atoms with E-state index in [0.717, 1.165) is 19.3 Å². The second-order valence-corrected chi connectivity index (χ2v) is 6.88. The smallest absolute Gasteiger partial charge is 0.104 e. The van der Waals surface area contributed by atoms with Crippen LogP contribution in [0.5, 0.6) is 0 Å². The normalized spacial score (nSPS) is 18.3. The highest BCUT2D eigenvalue weighted by Gasteiger charge is 2.51. The predicted molar refractivity (Wildman–Crippen MR) is 91.9 cm³/mol. The molecule has 0 aromatic heterocycles. The van der Waals surface area contributed by atoms with E-state index in [1.807, 2.05) is 34.6 Å². The Morgan fingerprint density at radius 2 is 1.42 bits per heavy atom. The van der Waals surface area contributed by atoms with E-state index in [9.17, 15) is 4.39 Å². The van der Waals surface area contributed by atoms with E-state index in [4.69, 9.17) is 5.73 Å². The minimum absolute atomic E-state index is 0.0764. The molecular weight excluding hydrogens is 257 g/mol. The third-order valence-electron chi connectivity index (χ3n) is 2.80. The van der Waals surface area contributed by atoms with E-state index in [2.05, 4.69) is 33.4 Å². The second-order valence-electron chi connectivity index (χ2n) is 5.53. The van der Waals surface area contributed by atoms with E-state index in [1.165, 1.54) is 0 Å². The minimum Gasteiger partial charge on any atom is -0.327 e. The fourth-order valence-electron chi connectivity index (χ4n) is 1.61. The number of thiol groups is 1. The van der Waals surface area contributed by atoms with Crippen molar-refractivity contribution in [2.75, 3.05) is 0 Å². The molecule has 1 aliphatic rings. The summed E-state index contributed by atoms with van der Waals surface area (Å²) in [6.45, 7) is 17.8. The molecule has 2 N–H and O–H groups in total. The number of hydrogen-bond acceptors (Lipinski definition) is 2. The summed E-state index contributed by atoms with van der Waals surface area (Å²) in [6, 6.07) is 0.0764. The van der Waals surface area contributed by atoms with Gasteiger partial charge in [0, 0.05) is 16.2 Å². The molecule has 0 aromatic rings. The second kappa shape index (κ2) is 12.0. The van der Waals surface area contributed by atoms with Gasteiger partial charge in [0.05, 0.1) is 0 Å². The predicted octanol–water partition coefficient (Wildman–Crippen LogP) is 5.63. The average Bonchev–Trinajstić information content (AvgIpc) is 3.12. The zero-order valence-electron chi connectivity index (χ0n) is 14.7. The molecule has 0 radical (unpaired) electrons. The standard InChI is InChI=1S/C8H16FN.C4H10S.2C2H6/c1-3-7(10)8(4-5-8)6(2)9;1-4(2,3)5;2*1-2/h6-7H,3-5,10H2,1-2H3;5H,1-3H3;2*1-2H3. The van der Waals surface area contributed by atoms with Gasteiger partial charge in [0.2, 0.25) is 0 Å². The molecule has 0 amide bonds. The van der Waals surface area contributed by atoms with Crippen LogP contribution in [0.4, 0.5) is 4.39 Å². The molecule has 19 heavy (non-hydrogen) atoms. The van der Waals surface area contributed by atoms with E-state index >= 15 is 0 Å². The van der Waals surface area contributed by atoms with E-state index in [1.54, 1.807) is 6.92 Å². The van der Waals surface area contributed by atoms with Crippen LogP contribution in [0.15, 0.2) is 0 Å². The van der Waals surface area contributed by atoms with Crippen molar-refractivity contribution in [3.8, 4) is 0 Å². The zero-order valence-corrected chi connectivity index (χ0v) is 15.6. The van der Waals surface area contributed by atoms with Gasteiger partial charge >= 0.3 is 0 Å². The van der Waals surface area contributed by atoms with Crippen LogP contribution >= 0.6 is 12.6 Å². The summed E-state index contributed by atoms with van der Waals surface area (Å²) in [4.78, 5) is 0. The first-order valence-corrected chi connectivity index (χ1v) is 8.20. The summed E-state index contributed by atoms with van der Waals surface area (Å²) in [7, 11) is 0. The lowest BCUT2D eigenvalue weighted by molar-refractivity contribution is 0.192.